The first-order valence-corrected chi connectivity index (χ1v) is 37.6. The fraction of sp³-hybridized carbons (Fsp3) is 0.939. The maximum absolute atomic E-state index is 13.0. The molecule has 17 nitrogen and oxygen atoms in total. The second-order valence-corrected chi connectivity index (χ2v) is 27.2. The number of ether oxygens (including phenoxy) is 4. The summed E-state index contributed by atoms with van der Waals surface area (Å²) in [6.45, 7) is 7.11. The van der Waals surface area contributed by atoms with Crippen LogP contribution in [0.3, 0.4) is 0 Å². The number of unbranched alkanes of at least 4 members (excludes halogenated alkanes) is 38. The second-order valence-electron chi connectivity index (χ2n) is 24.3. The Hall–Kier alpha value is -1.94. The number of esters is 4. The predicted octanol–water partition coefficient (Wildman–Crippen LogP) is 18.6. The topological polar surface area (TPSA) is 237 Å². The van der Waals surface area contributed by atoms with Gasteiger partial charge < -0.3 is 33.8 Å². The Labute approximate surface area is 517 Å². The second kappa shape index (κ2) is 59.7. The summed E-state index contributed by atoms with van der Waals surface area (Å²) in [4.78, 5) is 72.1. The van der Waals surface area contributed by atoms with Crippen molar-refractivity contribution in [2.75, 3.05) is 39.6 Å². The standard InChI is InChI=1S/C66H128O17P2/c1-6-9-12-15-17-19-21-22-23-24-25-26-28-32-37-42-47-52-66(71)83-62(56-77-64(69)50-45-40-35-33-29-30-34-39-43-48-59(4)5)58-81-85(74,75)79-54-60(67)53-78-84(72,73)80-57-61(55-76-63(68)49-44-38-14-11-8-3)82-65(70)51-46-41-36-31-27-20-18-16-13-10-7-2/h59-62,67H,6-58H2,1-5H3,(H,72,73)(H,74,75)/t60-,61+,62+/m0/s1. The van der Waals surface area contributed by atoms with E-state index in [9.17, 15) is 43.2 Å². The van der Waals surface area contributed by atoms with Crippen LogP contribution < -0.4 is 0 Å². The minimum absolute atomic E-state index is 0.106. The summed E-state index contributed by atoms with van der Waals surface area (Å²) < 4.78 is 67.9. The average molecular weight is 1260 g/mol. The molecule has 0 amide bonds. The molecule has 0 aromatic rings. The van der Waals surface area contributed by atoms with Crippen molar-refractivity contribution >= 4 is 39.5 Å². The van der Waals surface area contributed by atoms with Crippen molar-refractivity contribution in [3.05, 3.63) is 0 Å². The third-order valence-electron chi connectivity index (χ3n) is 15.3. The highest BCUT2D eigenvalue weighted by Crippen LogP contribution is 2.45. The number of rotatable bonds is 66. The van der Waals surface area contributed by atoms with Crippen molar-refractivity contribution in [2.24, 2.45) is 5.92 Å². The van der Waals surface area contributed by atoms with Gasteiger partial charge in [0.05, 0.1) is 26.4 Å². The number of hydrogen-bond acceptors (Lipinski definition) is 15. The summed E-state index contributed by atoms with van der Waals surface area (Å²) >= 11 is 0. The van der Waals surface area contributed by atoms with E-state index in [0.717, 1.165) is 102 Å². The Morgan fingerprint density at radius 2 is 0.541 bits per heavy atom. The maximum Gasteiger partial charge on any atom is 0.472 e. The quantitative estimate of drug-likeness (QED) is 0.0222. The van der Waals surface area contributed by atoms with Gasteiger partial charge in [-0.1, -0.05) is 285 Å². The zero-order valence-corrected chi connectivity index (χ0v) is 56.5. The molecule has 0 saturated heterocycles. The van der Waals surface area contributed by atoms with Crippen molar-refractivity contribution in [1.82, 2.24) is 0 Å². The number of carbonyl (C=O) groups is 4. The molecule has 504 valence electrons. The third-order valence-corrected chi connectivity index (χ3v) is 17.2. The van der Waals surface area contributed by atoms with Crippen LogP contribution in [0.25, 0.3) is 0 Å². The summed E-state index contributed by atoms with van der Waals surface area (Å²) in [6, 6.07) is 0. The molecule has 0 fully saturated rings. The number of aliphatic hydroxyl groups excluding tert-OH is 1. The van der Waals surface area contributed by atoms with Crippen molar-refractivity contribution in [3.63, 3.8) is 0 Å². The van der Waals surface area contributed by atoms with Gasteiger partial charge in [0.25, 0.3) is 0 Å². The van der Waals surface area contributed by atoms with Crippen molar-refractivity contribution < 1.29 is 80.2 Å². The van der Waals surface area contributed by atoms with E-state index < -0.39 is 97.5 Å². The molecule has 0 saturated carbocycles. The van der Waals surface area contributed by atoms with E-state index in [-0.39, 0.29) is 25.7 Å². The number of carbonyl (C=O) groups excluding carboxylic acids is 4. The minimum Gasteiger partial charge on any atom is -0.462 e. The minimum atomic E-state index is -4.95. The highest BCUT2D eigenvalue weighted by Gasteiger charge is 2.30. The van der Waals surface area contributed by atoms with Crippen molar-refractivity contribution in [3.8, 4) is 0 Å². The molecule has 0 radical (unpaired) electrons. The smallest absolute Gasteiger partial charge is 0.462 e. The lowest BCUT2D eigenvalue weighted by Gasteiger charge is -2.21. The molecule has 3 N–H and O–H groups in total. The molecule has 5 atom stereocenters. The molecular formula is C66H128O17P2. The Bertz CT molecular complexity index is 1650. The summed E-state index contributed by atoms with van der Waals surface area (Å²) in [5.74, 6) is -1.40. The molecule has 0 spiro atoms. The zero-order valence-electron chi connectivity index (χ0n) is 54.7. The van der Waals surface area contributed by atoms with Crippen LogP contribution in [0.15, 0.2) is 0 Å². The molecule has 0 aromatic carbocycles. The monoisotopic (exact) mass is 1250 g/mol. The van der Waals surface area contributed by atoms with E-state index in [4.69, 9.17) is 37.0 Å². The van der Waals surface area contributed by atoms with Gasteiger partial charge >= 0.3 is 39.5 Å². The fourth-order valence-electron chi connectivity index (χ4n) is 9.94. The van der Waals surface area contributed by atoms with Crippen LogP contribution in [0.4, 0.5) is 0 Å². The predicted molar refractivity (Wildman–Crippen MR) is 340 cm³/mol. The lowest BCUT2D eigenvalue weighted by molar-refractivity contribution is -0.161. The van der Waals surface area contributed by atoms with E-state index in [1.807, 2.05) is 0 Å². The first-order chi connectivity index (χ1) is 41.0. The summed E-state index contributed by atoms with van der Waals surface area (Å²) in [6.07, 6.45) is 44.8. The largest absolute Gasteiger partial charge is 0.472 e. The van der Waals surface area contributed by atoms with Crippen LogP contribution in [0, 0.1) is 5.92 Å². The van der Waals surface area contributed by atoms with Crippen LogP contribution in [-0.2, 0) is 65.4 Å². The van der Waals surface area contributed by atoms with Crippen LogP contribution in [0.1, 0.15) is 336 Å². The van der Waals surface area contributed by atoms with Crippen LogP contribution in [0.5, 0.6) is 0 Å². The first-order valence-electron chi connectivity index (χ1n) is 34.6. The van der Waals surface area contributed by atoms with Gasteiger partial charge in [0.15, 0.2) is 12.2 Å². The first kappa shape index (κ1) is 83.1. The molecule has 0 aromatic heterocycles. The van der Waals surface area contributed by atoms with E-state index in [1.165, 1.54) is 154 Å². The van der Waals surface area contributed by atoms with Crippen molar-refractivity contribution in [2.45, 2.75) is 355 Å². The lowest BCUT2D eigenvalue weighted by Crippen LogP contribution is -2.30. The Morgan fingerprint density at radius 3 is 0.800 bits per heavy atom. The highest BCUT2D eigenvalue weighted by atomic mass is 31.2. The Morgan fingerprint density at radius 1 is 0.318 bits per heavy atom. The molecule has 0 bridgehead atoms. The molecule has 0 aliphatic heterocycles. The van der Waals surface area contributed by atoms with Gasteiger partial charge in [0.1, 0.15) is 19.3 Å². The normalized spacial score (nSPS) is 14.2. The summed E-state index contributed by atoms with van der Waals surface area (Å²) in [5, 5.41) is 10.5. The maximum atomic E-state index is 13.0. The molecule has 0 rings (SSSR count). The zero-order chi connectivity index (χ0) is 62.8. The molecule has 19 heteroatoms. The van der Waals surface area contributed by atoms with Crippen LogP contribution in [-0.4, -0.2) is 96.7 Å². The van der Waals surface area contributed by atoms with Gasteiger partial charge in [-0.15, -0.1) is 0 Å². The number of phosphoric ester groups is 2. The number of phosphoric acid groups is 2. The third kappa shape index (κ3) is 60.7. The molecule has 0 aliphatic carbocycles. The summed E-state index contributed by atoms with van der Waals surface area (Å²) in [7, 11) is -9.88. The SMILES string of the molecule is CCCCCCCCCCCCCCCCCCCC(=O)O[C@H](COC(=O)CCCCCCCCCCCC(C)C)COP(=O)(O)OC[C@@H](O)COP(=O)(O)OC[C@@H](COC(=O)CCCCCCC)OC(=O)CCCCCCCCCCCCC. The van der Waals surface area contributed by atoms with Gasteiger partial charge in [-0.05, 0) is 31.6 Å². The summed E-state index contributed by atoms with van der Waals surface area (Å²) in [5.41, 5.74) is 0. The van der Waals surface area contributed by atoms with E-state index in [1.54, 1.807) is 0 Å². The number of hydrogen-bond donors (Lipinski definition) is 3. The van der Waals surface area contributed by atoms with Gasteiger partial charge in [-0.25, -0.2) is 9.13 Å². The van der Waals surface area contributed by atoms with E-state index >= 15 is 0 Å². The fourth-order valence-corrected chi connectivity index (χ4v) is 11.5. The molecule has 0 aliphatic rings. The Kier molecular flexibility index (Phi) is 58.3. The van der Waals surface area contributed by atoms with E-state index in [0.29, 0.717) is 25.7 Å². The van der Waals surface area contributed by atoms with E-state index in [2.05, 4.69) is 34.6 Å². The molecule has 2 unspecified atom stereocenters. The molecular weight excluding hydrogens is 1130 g/mol. The lowest BCUT2D eigenvalue weighted by atomic mass is 10.0. The number of aliphatic hydroxyl groups is 1. The molecule has 85 heavy (non-hydrogen) atoms. The van der Waals surface area contributed by atoms with Crippen LogP contribution >= 0.6 is 15.6 Å². The van der Waals surface area contributed by atoms with Gasteiger partial charge in [0.2, 0.25) is 0 Å². The van der Waals surface area contributed by atoms with Gasteiger partial charge in [-0.3, -0.25) is 37.3 Å². The van der Waals surface area contributed by atoms with Gasteiger partial charge in [0, 0.05) is 25.7 Å². The van der Waals surface area contributed by atoms with Crippen LogP contribution in [0.2, 0.25) is 0 Å². The van der Waals surface area contributed by atoms with Crippen molar-refractivity contribution in [1.29, 1.82) is 0 Å². The highest BCUT2D eigenvalue weighted by molar-refractivity contribution is 7.47. The average Bonchev–Trinajstić information content (AvgIpc) is 3.51. The Balaban J connectivity index is 5.15. The molecule has 0 heterocycles. The van der Waals surface area contributed by atoms with Gasteiger partial charge in [-0.2, -0.15) is 0 Å².